The van der Waals surface area contributed by atoms with Crippen LogP contribution in [-0.4, -0.2) is 25.5 Å². The molecule has 2 amide bonds. The van der Waals surface area contributed by atoms with Crippen molar-refractivity contribution in [3.05, 3.63) is 59.1 Å². The summed E-state index contributed by atoms with van der Waals surface area (Å²) in [4.78, 5) is 26.3. The van der Waals surface area contributed by atoms with E-state index in [9.17, 15) is 9.59 Å². The smallest absolute Gasteiger partial charge is 0.227 e. The number of carbonyl (C=O) groups is 2. The number of amides is 2. The van der Waals surface area contributed by atoms with Crippen molar-refractivity contribution >= 4 is 29.1 Å². The number of halogens is 1. The largest absolute Gasteiger partial charge is 0.496 e. The lowest BCUT2D eigenvalue weighted by molar-refractivity contribution is -0.126. The van der Waals surface area contributed by atoms with Gasteiger partial charge < -0.3 is 15.0 Å². The highest BCUT2D eigenvalue weighted by atomic mass is 35.5. The van der Waals surface area contributed by atoms with Crippen molar-refractivity contribution < 1.29 is 14.3 Å². The van der Waals surface area contributed by atoms with E-state index in [1.807, 2.05) is 36.4 Å². The van der Waals surface area contributed by atoms with E-state index < -0.39 is 5.92 Å². The molecule has 1 unspecified atom stereocenters. The van der Waals surface area contributed by atoms with Crippen molar-refractivity contribution in [1.82, 2.24) is 5.32 Å². The summed E-state index contributed by atoms with van der Waals surface area (Å²) in [5, 5.41) is 3.40. The highest BCUT2D eigenvalue weighted by Gasteiger charge is 2.35. The summed E-state index contributed by atoms with van der Waals surface area (Å²) in [5.41, 5.74) is 1.54. The Hall–Kier alpha value is -2.53. The number of benzene rings is 2. The van der Waals surface area contributed by atoms with Gasteiger partial charge in [-0.15, -0.1) is 0 Å². The van der Waals surface area contributed by atoms with Gasteiger partial charge in [0.15, 0.2) is 0 Å². The standard InChI is InChI=1S/C19H19ClN2O3/c1-25-17-9-5-2-6-13(17)11-21-19(24)14-10-18(23)22(12-14)16-8-4-3-7-15(16)20/h2-9,14H,10-12H2,1H3,(H,21,24). The van der Waals surface area contributed by atoms with E-state index in [0.717, 1.165) is 11.3 Å². The lowest BCUT2D eigenvalue weighted by atomic mass is 10.1. The summed E-state index contributed by atoms with van der Waals surface area (Å²) in [6, 6.07) is 14.7. The Bertz CT molecular complexity index is 794. The Kier molecular flexibility index (Phi) is 5.24. The predicted molar refractivity (Wildman–Crippen MR) is 96.8 cm³/mol. The van der Waals surface area contributed by atoms with E-state index in [1.54, 1.807) is 24.1 Å². The van der Waals surface area contributed by atoms with Gasteiger partial charge in [0.2, 0.25) is 11.8 Å². The maximum atomic E-state index is 12.5. The van der Waals surface area contributed by atoms with Crippen LogP contribution in [0.3, 0.4) is 0 Å². The fraction of sp³-hybridized carbons (Fsp3) is 0.263. The third-order valence-electron chi connectivity index (χ3n) is 4.28. The van der Waals surface area contributed by atoms with Crippen molar-refractivity contribution in [3.8, 4) is 5.75 Å². The molecule has 6 heteroatoms. The van der Waals surface area contributed by atoms with Gasteiger partial charge in [-0.3, -0.25) is 9.59 Å². The summed E-state index contributed by atoms with van der Waals surface area (Å²) in [6.07, 6.45) is 0.184. The Morgan fingerprint density at radius 2 is 1.96 bits per heavy atom. The van der Waals surface area contributed by atoms with Crippen LogP contribution in [0.4, 0.5) is 5.69 Å². The highest BCUT2D eigenvalue weighted by Crippen LogP contribution is 2.31. The summed E-state index contributed by atoms with van der Waals surface area (Å²) in [7, 11) is 1.60. The van der Waals surface area contributed by atoms with Gasteiger partial charge in [-0.05, 0) is 18.2 Å². The van der Waals surface area contributed by atoms with Crippen molar-refractivity contribution in [1.29, 1.82) is 0 Å². The number of para-hydroxylation sites is 2. The molecule has 0 aromatic heterocycles. The van der Waals surface area contributed by atoms with Gasteiger partial charge in [-0.2, -0.15) is 0 Å². The number of ether oxygens (including phenoxy) is 1. The molecule has 1 atom stereocenters. The first kappa shape index (κ1) is 17.3. The van der Waals surface area contributed by atoms with Crippen LogP contribution in [0.5, 0.6) is 5.75 Å². The zero-order valence-electron chi connectivity index (χ0n) is 13.9. The first-order chi connectivity index (χ1) is 12.1. The second-order valence-electron chi connectivity index (χ2n) is 5.89. The number of carbonyl (C=O) groups excluding carboxylic acids is 2. The molecule has 3 rings (SSSR count). The molecule has 1 N–H and O–H groups in total. The summed E-state index contributed by atoms with van der Waals surface area (Å²) in [5.74, 6) is 0.0980. The number of hydrogen-bond donors (Lipinski definition) is 1. The molecule has 1 fully saturated rings. The fourth-order valence-electron chi connectivity index (χ4n) is 2.96. The monoisotopic (exact) mass is 358 g/mol. The maximum Gasteiger partial charge on any atom is 0.227 e. The number of anilines is 1. The van der Waals surface area contributed by atoms with Crippen LogP contribution in [0.25, 0.3) is 0 Å². The average Bonchev–Trinajstić information content (AvgIpc) is 3.02. The number of methoxy groups -OCH3 is 1. The molecule has 0 radical (unpaired) electrons. The molecule has 2 aromatic carbocycles. The van der Waals surface area contributed by atoms with Crippen molar-refractivity contribution in [2.24, 2.45) is 5.92 Å². The molecule has 0 saturated carbocycles. The Labute approximate surface area is 151 Å². The van der Waals surface area contributed by atoms with E-state index in [-0.39, 0.29) is 18.2 Å². The first-order valence-electron chi connectivity index (χ1n) is 8.04. The minimum absolute atomic E-state index is 0.0921. The van der Waals surface area contributed by atoms with Crippen LogP contribution in [0, 0.1) is 5.92 Å². The van der Waals surface area contributed by atoms with Crippen LogP contribution in [0.15, 0.2) is 48.5 Å². The molecule has 1 aliphatic rings. The molecular weight excluding hydrogens is 340 g/mol. The quantitative estimate of drug-likeness (QED) is 0.893. The van der Waals surface area contributed by atoms with Gasteiger partial charge >= 0.3 is 0 Å². The molecule has 130 valence electrons. The Morgan fingerprint density at radius 3 is 2.72 bits per heavy atom. The predicted octanol–water partition coefficient (Wildman–Crippen LogP) is 3.02. The molecule has 1 heterocycles. The molecule has 0 bridgehead atoms. The molecule has 1 aliphatic heterocycles. The van der Waals surface area contributed by atoms with Crippen LogP contribution in [0.1, 0.15) is 12.0 Å². The molecular formula is C19H19ClN2O3. The third kappa shape index (κ3) is 3.77. The first-order valence-corrected chi connectivity index (χ1v) is 8.42. The zero-order chi connectivity index (χ0) is 17.8. The normalized spacial score (nSPS) is 16.8. The fourth-order valence-corrected chi connectivity index (χ4v) is 3.20. The van der Waals surface area contributed by atoms with E-state index in [2.05, 4.69) is 5.32 Å². The third-order valence-corrected chi connectivity index (χ3v) is 4.60. The average molecular weight is 359 g/mol. The molecule has 0 spiro atoms. The van der Waals surface area contributed by atoms with Gasteiger partial charge in [0.05, 0.1) is 23.7 Å². The topological polar surface area (TPSA) is 58.6 Å². The summed E-state index contributed by atoms with van der Waals surface area (Å²) in [6.45, 7) is 0.694. The molecule has 25 heavy (non-hydrogen) atoms. The van der Waals surface area contributed by atoms with E-state index in [1.165, 1.54) is 0 Å². The van der Waals surface area contributed by atoms with Crippen LogP contribution in [0.2, 0.25) is 5.02 Å². The van der Waals surface area contributed by atoms with Gasteiger partial charge in [0.1, 0.15) is 5.75 Å². The Balaban J connectivity index is 1.64. The van der Waals surface area contributed by atoms with E-state index in [0.29, 0.717) is 23.8 Å². The lowest BCUT2D eigenvalue weighted by Crippen LogP contribution is -2.32. The SMILES string of the molecule is COc1ccccc1CNC(=O)C1CC(=O)N(c2ccccc2Cl)C1. The van der Waals surface area contributed by atoms with Gasteiger partial charge in [0, 0.05) is 25.1 Å². The van der Waals surface area contributed by atoms with Gasteiger partial charge in [0.25, 0.3) is 0 Å². The summed E-state index contributed by atoms with van der Waals surface area (Å²) >= 11 is 6.16. The maximum absolute atomic E-state index is 12.5. The number of nitrogens with one attached hydrogen (secondary N) is 1. The Morgan fingerprint density at radius 1 is 1.24 bits per heavy atom. The van der Waals surface area contributed by atoms with Crippen molar-refractivity contribution in [3.63, 3.8) is 0 Å². The molecule has 2 aromatic rings. The second kappa shape index (κ2) is 7.57. The highest BCUT2D eigenvalue weighted by molar-refractivity contribution is 6.33. The van der Waals surface area contributed by atoms with Gasteiger partial charge in [-0.1, -0.05) is 41.9 Å². The van der Waals surface area contributed by atoms with Crippen LogP contribution < -0.4 is 15.0 Å². The minimum Gasteiger partial charge on any atom is -0.496 e. The van der Waals surface area contributed by atoms with Crippen LogP contribution in [-0.2, 0) is 16.1 Å². The van der Waals surface area contributed by atoms with E-state index in [4.69, 9.17) is 16.3 Å². The number of nitrogens with zero attached hydrogens (tertiary/aromatic N) is 1. The summed E-state index contributed by atoms with van der Waals surface area (Å²) < 4.78 is 5.28. The second-order valence-corrected chi connectivity index (χ2v) is 6.29. The van der Waals surface area contributed by atoms with Gasteiger partial charge in [-0.25, -0.2) is 0 Å². The molecule has 0 aliphatic carbocycles. The van der Waals surface area contributed by atoms with Crippen LogP contribution >= 0.6 is 11.6 Å². The number of rotatable bonds is 5. The van der Waals surface area contributed by atoms with Crippen molar-refractivity contribution in [2.45, 2.75) is 13.0 Å². The molecule has 1 saturated heterocycles. The zero-order valence-corrected chi connectivity index (χ0v) is 14.6. The minimum atomic E-state index is -0.390. The molecule has 5 nitrogen and oxygen atoms in total. The lowest BCUT2D eigenvalue weighted by Gasteiger charge is -2.18. The van der Waals surface area contributed by atoms with E-state index >= 15 is 0 Å². The number of hydrogen-bond acceptors (Lipinski definition) is 3. The van der Waals surface area contributed by atoms with Crippen molar-refractivity contribution in [2.75, 3.05) is 18.6 Å².